The number of hydrogen-bond donors (Lipinski definition) is 1. The van der Waals surface area contributed by atoms with Crippen molar-refractivity contribution >= 4 is 15.9 Å². The van der Waals surface area contributed by atoms with Crippen LogP contribution in [0.2, 0.25) is 0 Å². The van der Waals surface area contributed by atoms with Gasteiger partial charge in [0.05, 0.1) is 10.5 Å². The van der Waals surface area contributed by atoms with Crippen LogP contribution >= 0.6 is 0 Å². The van der Waals surface area contributed by atoms with Crippen molar-refractivity contribution in [3.8, 4) is 5.75 Å². The number of carbonyl (C=O) groups excluding carboxylic acids is 1. The number of amides is 1. The predicted molar refractivity (Wildman–Crippen MR) is 127 cm³/mol. The van der Waals surface area contributed by atoms with Crippen molar-refractivity contribution in [3.05, 3.63) is 107 Å². The molecule has 194 valence electrons. The van der Waals surface area contributed by atoms with Gasteiger partial charge in [-0.05, 0) is 59.7 Å². The van der Waals surface area contributed by atoms with E-state index in [0.717, 1.165) is 40.7 Å². The van der Waals surface area contributed by atoms with E-state index in [1.54, 1.807) is 30.3 Å². The monoisotopic (exact) mass is 534 g/mol. The average Bonchev–Trinajstić information content (AvgIpc) is 3.38. The fourth-order valence-electron chi connectivity index (χ4n) is 3.71. The smallest absolute Gasteiger partial charge is 0.416 e. The number of nitrogens with one attached hydrogen (secondary N) is 1. The van der Waals surface area contributed by atoms with Crippen LogP contribution in [0.15, 0.2) is 89.8 Å². The van der Waals surface area contributed by atoms with Gasteiger partial charge in [-0.25, -0.2) is 12.8 Å². The third-order valence-corrected chi connectivity index (χ3v) is 7.52. The SMILES string of the molecule is O=C(NCc1cccc(OCc2ccc(C(F)(F)F)cc2)c1)[C@@H]1C=CCN1S(=O)(=O)c1ccc(F)cc1. The molecule has 11 heteroatoms. The zero-order valence-electron chi connectivity index (χ0n) is 19.3. The highest BCUT2D eigenvalue weighted by Crippen LogP contribution is 2.29. The summed E-state index contributed by atoms with van der Waals surface area (Å²) in [7, 11) is -4.02. The Labute approximate surface area is 211 Å². The van der Waals surface area contributed by atoms with E-state index in [2.05, 4.69) is 5.32 Å². The summed E-state index contributed by atoms with van der Waals surface area (Å²) in [5, 5.41) is 2.71. The summed E-state index contributed by atoms with van der Waals surface area (Å²) in [6.07, 6.45) is -1.35. The van der Waals surface area contributed by atoms with Crippen molar-refractivity contribution in [1.82, 2.24) is 9.62 Å². The lowest BCUT2D eigenvalue weighted by Crippen LogP contribution is -2.45. The Morgan fingerprint density at radius 1 is 1.00 bits per heavy atom. The standard InChI is InChI=1S/C26H22F4N2O4S/c27-21-10-12-23(13-11-21)37(34,35)32-14-2-5-24(32)25(33)31-16-19-3-1-4-22(15-19)36-17-18-6-8-20(9-7-18)26(28,29)30/h1-13,15,24H,14,16-17H2,(H,31,33)/t24-/m0/s1. The molecule has 0 unspecified atom stereocenters. The number of carbonyl (C=O) groups is 1. The van der Waals surface area contributed by atoms with Crippen LogP contribution in [0.5, 0.6) is 5.75 Å². The van der Waals surface area contributed by atoms with Crippen molar-refractivity contribution in [2.75, 3.05) is 6.54 Å². The van der Waals surface area contributed by atoms with Crippen LogP contribution in [0.25, 0.3) is 0 Å². The lowest BCUT2D eigenvalue weighted by Gasteiger charge is -2.23. The largest absolute Gasteiger partial charge is 0.489 e. The highest BCUT2D eigenvalue weighted by atomic mass is 32.2. The van der Waals surface area contributed by atoms with E-state index in [1.165, 1.54) is 18.2 Å². The number of alkyl halides is 3. The first kappa shape index (κ1) is 26.4. The first-order chi connectivity index (χ1) is 17.5. The Hall–Kier alpha value is -3.70. The number of benzene rings is 3. The van der Waals surface area contributed by atoms with E-state index in [4.69, 9.17) is 4.74 Å². The lowest BCUT2D eigenvalue weighted by molar-refractivity contribution is -0.137. The van der Waals surface area contributed by atoms with E-state index in [1.807, 2.05) is 0 Å². The second-order valence-electron chi connectivity index (χ2n) is 8.25. The Morgan fingerprint density at radius 2 is 1.70 bits per heavy atom. The average molecular weight is 535 g/mol. The molecular weight excluding hydrogens is 512 g/mol. The lowest BCUT2D eigenvalue weighted by atomic mass is 10.1. The molecule has 1 N–H and O–H groups in total. The Kier molecular flexibility index (Phi) is 7.65. The molecular formula is C26H22F4N2O4S. The number of ether oxygens (including phenoxy) is 1. The van der Waals surface area contributed by atoms with Gasteiger partial charge in [-0.15, -0.1) is 0 Å². The van der Waals surface area contributed by atoms with Gasteiger partial charge in [0.25, 0.3) is 0 Å². The second kappa shape index (κ2) is 10.7. The number of sulfonamides is 1. The van der Waals surface area contributed by atoms with Crippen molar-refractivity contribution in [3.63, 3.8) is 0 Å². The highest BCUT2D eigenvalue weighted by molar-refractivity contribution is 7.89. The fourth-order valence-corrected chi connectivity index (χ4v) is 5.20. The van der Waals surface area contributed by atoms with Crippen LogP contribution in [0.1, 0.15) is 16.7 Å². The summed E-state index contributed by atoms with van der Waals surface area (Å²) in [6, 6.07) is 14.7. The minimum absolute atomic E-state index is 0.00503. The zero-order valence-corrected chi connectivity index (χ0v) is 20.1. The Bertz CT molecular complexity index is 1390. The normalized spacial score (nSPS) is 16.1. The zero-order chi connectivity index (χ0) is 26.6. The van der Waals surface area contributed by atoms with E-state index in [-0.39, 0.29) is 24.6 Å². The van der Waals surface area contributed by atoms with Crippen molar-refractivity contribution in [1.29, 1.82) is 0 Å². The van der Waals surface area contributed by atoms with Crippen LogP contribution in [0.3, 0.4) is 0 Å². The maximum absolute atomic E-state index is 13.2. The topological polar surface area (TPSA) is 75.7 Å². The quantitative estimate of drug-likeness (QED) is 0.337. The molecule has 0 radical (unpaired) electrons. The molecule has 0 aromatic heterocycles. The first-order valence-corrected chi connectivity index (χ1v) is 12.6. The van der Waals surface area contributed by atoms with E-state index in [0.29, 0.717) is 16.9 Å². The summed E-state index contributed by atoms with van der Waals surface area (Å²) in [4.78, 5) is 12.7. The molecule has 1 amide bonds. The number of rotatable bonds is 8. The minimum atomic E-state index is -4.41. The molecule has 1 aliphatic rings. The molecule has 1 atom stereocenters. The summed E-state index contributed by atoms with van der Waals surface area (Å²) >= 11 is 0. The van der Waals surface area contributed by atoms with E-state index >= 15 is 0 Å². The van der Waals surface area contributed by atoms with Crippen LogP contribution in [0, 0.1) is 5.82 Å². The van der Waals surface area contributed by atoms with Gasteiger partial charge in [-0.2, -0.15) is 17.5 Å². The van der Waals surface area contributed by atoms with E-state index in [9.17, 15) is 30.8 Å². The molecule has 4 rings (SSSR count). The van der Waals surface area contributed by atoms with Gasteiger partial charge in [-0.3, -0.25) is 4.79 Å². The first-order valence-electron chi connectivity index (χ1n) is 11.1. The number of nitrogens with zero attached hydrogens (tertiary/aromatic N) is 1. The fraction of sp³-hybridized carbons (Fsp3) is 0.192. The van der Waals surface area contributed by atoms with Gasteiger partial charge in [0.15, 0.2) is 0 Å². The van der Waals surface area contributed by atoms with Crippen LogP contribution in [-0.2, 0) is 34.1 Å². The molecule has 1 aliphatic heterocycles. The molecule has 6 nitrogen and oxygen atoms in total. The van der Waals surface area contributed by atoms with Crippen molar-refractivity contribution in [2.45, 2.75) is 30.3 Å². The molecule has 37 heavy (non-hydrogen) atoms. The summed E-state index contributed by atoms with van der Waals surface area (Å²) in [5.74, 6) is -0.651. The summed E-state index contributed by atoms with van der Waals surface area (Å²) in [5.41, 5.74) is 0.491. The minimum Gasteiger partial charge on any atom is -0.489 e. The van der Waals surface area contributed by atoms with Gasteiger partial charge >= 0.3 is 6.18 Å². The van der Waals surface area contributed by atoms with Gasteiger partial charge in [0.1, 0.15) is 24.2 Å². The third kappa shape index (κ3) is 6.36. The maximum atomic E-state index is 13.2. The molecule has 0 bridgehead atoms. The van der Waals surface area contributed by atoms with Crippen LogP contribution < -0.4 is 10.1 Å². The second-order valence-corrected chi connectivity index (χ2v) is 10.1. The number of hydrogen-bond acceptors (Lipinski definition) is 4. The molecule has 0 aliphatic carbocycles. The number of halogens is 4. The van der Waals surface area contributed by atoms with Crippen LogP contribution in [-0.4, -0.2) is 31.2 Å². The van der Waals surface area contributed by atoms with Gasteiger partial charge < -0.3 is 10.1 Å². The Morgan fingerprint density at radius 3 is 2.38 bits per heavy atom. The maximum Gasteiger partial charge on any atom is 0.416 e. The molecule has 3 aromatic carbocycles. The summed E-state index contributed by atoms with van der Waals surface area (Å²) in [6.45, 7) is 0.146. The molecule has 0 saturated heterocycles. The molecule has 0 spiro atoms. The van der Waals surface area contributed by atoms with Gasteiger partial charge in [-0.1, -0.05) is 36.4 Å². The predicted octanol–water partition coefficient (Wildman–Crippen LogP) is 4.67. The van der Waals surface area contributed by atoms with Gasteiger partial charge in [0.2, 0.25) is 15.9 Å². The van der Waals surface area contributed by atoms with Gasteiger partial charge in [0, 0.05) is 13.1 Å². The Balaban J connectivity index is 1.35. The molecule has 1 heterocycles. The van der Waals surface area contributed by atoms with Crippen LogP contribution in [0.4, 0.5) is 17.6 Å². The molecule has 0 fully saturated rings. The highest BCUT2D eigenvalue weighted by Gasteiger charge is 2.36. The van der Waals surface area contributed by atoms with Crippen molar-refractivity contribution < 1.29 is 35.5 Å². The van der Waals surface area contributed by atoms with Crippen molar-refractivity contribution in [2.24, 2.45) is 0 Å². The van der Waals surface area contributed by atoms with E-state index < -0.39 is 39.5 Å². The summed E-state index contributed by atoms with van der Waals surface area (Å²) < 4.78 is 83.9. The molecule has 3 aromatic rings. The third-order valence-electron chi connectivity index (χ3n) is 5.65. The molecule has 0 saturated carbocycles.